The summed E-state index contributed by atoms with van der Waals surface area (Å²) in [6.45, 7) is 29.2. The maximum atomic E-state index is 13.1. The van der Waals surface area contributed by atoms with E-state index in [9.17, 15) is 9.59 Å². The maximum absolute atomic E-state index is 13.1. The van der Waals surface area contributed by atoms with Crippen LogP contribution in [0.1, 0.15) is 93.9 Å². The topological polar surface area (TPSA) is 102 Å². The Balaban J connectivity index is 3.45. The van der Waals surface area contributed by atoms with Crippen LogP contribution < -0.4 is 5.32 Å². The average Bonchev–Trinajstić information content (AvgIpc) is 3.08. The minimum absolute atomic E-state index is 0.0242. The summed E-state index contributed by atoms with van der Waals surface area (Å²) in [5.41, 5.74) is 2.98. The molecule has 1 rings (SSSR count). The first-order chi connectivity index (χ1) is 26.6. The molecule has 1 aliphatic heterocycles. The summed E-state index contributed by atoms with van der Waals surface area (Å²) < 4.78 is 37.1. The molecule has 0 radical (unpaired) electrons. The van der Waals surface area contributed by atoms with Gasteiger partial charge >= 0.3 is 5.97 Å². The van der Waals surface area contributed by atoms with Crippen LogP contribution in [-0.2, 0) is 37.7 Å². The van der Waals surface area contributed by atoms with Crippen molar-refractivity contribution in [2.75, 3.05) is 27.3 Å². The van der Waals surface area contributed by atoms with Gasteiger partial charge in [-0.05, 0) is 90.1 Å². The van der Waals surface area contributed by atoms with E-state index in [1.807, 2.05) is 32.9 Å². The normalized spacial score (nSPS) is 24.8. The second-order valence-electron chi connectivity index (χ2n) is 18.2. The summed E-state index contributed by atoms with van der Waals surface area (Å²) >= 11 is 0. The van der Waals surface area contributed by atoms with Gasteiger partial charge < -0.3 is 33.4 Å². The fourth-order valence-corrected chi connectivity index (χ4v) is 7.69. The van der Waals surface area contributed by atoms with E-state index in [0.717, 1.165) is 48.4 Å². The highest BCUT2D eigenvalue weighted by atomic mass is 28.4. The number of allylic oxidation sites excluding steroid dienone is 7. The number of hydrogen-bond donors (Lipinski definition) is 1. The standard InChI is InChI=1S/C46H79NO8Si2/c1-36(2)31-44(48)47-28-27-38(4)32-39(5)43-33-37(3)21-17-15-19-23-42(55-57(13,14)46(6,7)8)41(53-34-50-9)26-25-40(22-18-16-20-24-45(49)54-43)52-35-51-29-30-56(10,11)12/h15,17,20-21,24-28,31-32,39-43H,16,18-19,22-23,29-30,33-35H2,1-14H3,(H,47,48)/b17-15+,24-20+,26-25+,28-27+,37-21+,38-32+/t39-,40-,41-,42-,43-/m1/s1. The number of methoxy groups -OCH3 is 1. The van der Waals surface area contributed by atoms with Crippen LogP contribution in [0.3, 0.4) is 0 Å². The number of carbonyl (C=O) groups excluding carboxylic acids is 2. The Hall–Kier alpha value is -2.65. The number of carbonyl (C=O) groups is 2. The molecule has 1 amide bonds. The van der Waals surface area contributed by atoms with Crippen LogP contribution in [0.25, 0.3) is 0 Å². The van der Waals surface area contributed by atoms with Crippen molar-refractivity contribution in [1.29, 1.82) is 0 Å². The van der Waals surface area contributed by atoms with Crippen molar-refractivity contribution in [2.24, 2.45) is 5.92 Å². The molecule has 9 nitrogen and oxygen atoms in total. The van der Waals surface area contributed by atoms with Crippen molar-refractivity contribution in [1.82, 2.24) is 5.32 Å². The van der Waals surface area contributed by atoms with Crippen molar-refractivity contribution >= 4 is 28.3 Å². The van der Waals surface area contributed by atoms with Gasteiger partial charge in [-0.15, -0.1) is 0 Å². The number of amides is 1. The van der Waals surface area contributed by atoms with Crippen molar-refractivity contribution in [3.05, 3.63) is 83.7 Å². The fraction of sp³-hybridized carbons (Fsp3) is 0.652. The minimum atomic E-state index is -2.16. The predicted molar refractivity (Wildman–Crippen MR) is 241 cm³/mol. The summed E-state index contributed by atoms with van der Waals surface area (Å²) in [4.78, 5) is 25.2. The second-order valence-corrected chi connectivity index (χ2v) is 28.6. The van der Waals surface area contributed by atoms with Gasteiger partial charge in [0.2, 0.25) is 5.91 Å². The van der Waals surface area contributed by atoms with Gasteiger partial charge in [-0.3, -0.25) is 4.79 Å². The van der Waals surface area contributed by atoms with Crippen LogP contribution >= 0.6 is 0 Å². The first-order valence-corrected chi connectivity index (χ1v) is 27.4. The lowest BCUT2D eigenvalue weighted by molar-refractivity contribution is -0.144. The van der Waals surface area contributed by atoms with Crippen LogP contribution in [0.2, 0.25) is 43.8 Å². The Kier molecular flexibility index (Phi) is 25.0. The third kappa shape index (κ3) is 24.8. The summed E-state index contributed by atoms with van der Waals surface area (Å²) in [6, 6.07) is 1.07. The number of ether oxygens (including phenoxy) is 5. The molecule has 0 aromatic carbocycles. The fourth-order valence-electron chi connectivity index (χ4n) is 5.57. The van der Waals surface area contributed by atoms with E-state index in [1.54, 1.807) is 19.4 Å². The Morgan fingerprint density at radius 1 is 1.02 bits per heavy atom. The highest BCUT2D eigenvalue weighted by molar-refractivity contribution is 6.76. The molecular formula is C46H79NO8Si2. The Bertz CT molecular complexity index is 1410. The van der Waals surface area contributed by atoms with Crippen LogP contribution in [0.4, 0.5) is 0 Å². The van der Waals surface area contributed by atoms with Crippen LogP contribution in [-0.4, -0.2) is 80.0 Å². The number of esters is 1. The van der Waals surface area contributed by atoms with Gasteiger partial charge in [0.25, 0.3) is 0 Å². The lowest BCUT2D eigenvalue weighted by Gasteiger charge is -2.41. The Labute approximate surface area is 349 Å². The molecule has 0 aromatic heterocycles. The molecule has 57 heavy (non-hydrogen) atoms. The van der Waals surface area contributed by atoms with Gasteiger partial charge in [-0.1, -0.05) is 107 Å². The van der Waals surface area contributed by atoms with Crippen molar-refractivity contribution < 1.29 is 37.7 Å². The van der Waals surface area contributed by atoms with Crippen LogP contribution in [0.5, 0.6) is 0 Å². The quantitative estimate of drug-likeness (QED) is 0.0312. The third-order valence-corrected chi connectivity index (χ3v) is 16.2. The largest absolute Gasteiger partial charge is 0.458 e. The van der Waals surface area contributed by atoms with Crippen molar-refractivity contribution in [2.45, 2.75) is 162 Å². The first-order valence-electron chi connectivity index (χ1n) is 20.8. The molecule has 0 aromatic rings. The highest BCUT2D eigenvalue weighted by Gasteiger charge is 2.40. The molecule has 324 valence electrons. The number of hydrogen-bond acceptors (Lipinski definition) is 8. The smallest absolute Gasteiger partial charge is 0.330 e. The van der Waals surface area contributed by atoms with E-state index in [2.05, 4.69) is 109 Å². The molecule has 0 unspecified atom stereocenters. The Morgan fingerprint density at radius 2 is 1.74 bits per heavy atom. The van der Waals surface area contributed by atoms with E-state index in [1.165, 1.54) is 6.08 Å². The molecular weight excluding hydrogens is 751 g/mol. The maximum Gasteiger partial charge on any atom is 0.330 e. The van der Waals surface area contributed by atoms with Gasteiger partial charge in [0.15, 0.2) is 8.32 Å². The van der Waals surface area contributed by atoms with E-state index < -0.39 is 16.4 Å². The molecule has 5 atom stereocenters. The molecule has 0 spiro atoms. The number of rotatable bonds is 16. The SMILES string of the molecule is COCO[C@@H]1/C=C/[C@H](OCOCC[Si](C)(C)C)CCC/C=C/C(=O)O[C@@H]([C@H](C)/C=C(C)/C=C/NC(=O)C=C(C)C)C/C(C)=C/C=C/CC[C@H]1O[Si](C)(C)C(C)(C)C. The van der Waals surface area contributed by atoms with E-state index in [0.29, 0.717) is 19.4 Å². The molecule has 0 saturated heterocycles. The number of cyclic esters (lactones) is 1. The minimum Gasteiger partial charge on any atom is -0.458 e. The molecule has 1 N–H and O–H groups in total. The molecule has 0 fully saturated rings. The number of nitrogens with one attached hydrogen (secondary N) is 1. The van der Waals surface area contributed by atoms with Gasteiger partial charge in [-0.2, -0.15) is 0 Å². The molecule has 11 heteroatoms. The second kappa shape index (κ2) is 27.2. The zero-order chi connectivity index (χ0) is 43.1. The van der Waals surface area contributed by atoms with Crippen molar-refractivity contribution in [3.8, 4) is 0 Å². The summed E-state index contributed by atoms with van der Waals surface area (Å²) in [7, 11) is -1.75. The van der Waals surface area contributed by atoms with E-state index in [4.69, 9.17) is 28.1 Å². The van der Waals surface area contributed by atoms with Crippen LogP contribution in [0.15, 0.2) is 83.7 Å². The zero-order valence-corrected chi connectivity index (χ0v) is 40.1. The molecule has 0 aliphatic carbocycles. The molecule has 1 heterocycles. The summed E-state index contributed by atoms with van der Waals surface area (Å²) in [6.07, 6.45) is 24.2. The van der Waals surface area contributed by atoms with Gasteiger partial charge in [0.1, 0.15) is 25.8 Å². The molecule has 1 aliphatic rings. The van der Waals surface area contributed by atoms with Crippen molar-refractivity contribution in [3.63, 3.8) is 0 Å². The Morgan fingerprint density at radius 3 is 2.39 bits per heavy atom. The highest BCUT2D eigenvalue weighted by Crippen LogP contribution is 2.38. The lowest BCUT2D eigenvalue weighted by Crippen LogP contribution is -2.47. The average molecular weight is 830 g/mol. The molecule has 0 saturated carbocycles. The van der Waals surface area contributed by atoms with Gasteiger partial charge in [0, 0.05) is 52.5 Å². The van der Waals surface area contributed by atoms with E-state index >= 15 is 0 Å². The van der Waals surface area contributed by atoms with Gasteiger partial charge in [0.05, 0.1) is 12.2 Å². The zero-order valence-electron chi connectivity index (χ0n) is 38.1. The van der Waals surface area contributed by atoms with E-state index in [-0.39, 0.29) is 60.8 Å². The third-order valence-electron chi connectivity index (χ3n) is 10.0. The molecule has 0 bridgehead atoms. The lowest BCUT2D eigenvalue weighted by atomic mass is 9.95. The summed E-state index contributed by atoms with van der Waals surface area (Å²) in [5, 5.41) is 2.79. The monoisotopic (exact) mass is 830 g/mol. The predicted octanol–water partition coefficient (Wildman–Crippen LogP) is 11.1. The van der Waals surface area contributed by atoms with Gasteiger partial charge in [-0.25, -0.2) is 4.79 Å². The first kappa shape index (κ1) is 52.4. The summed E-state index contributed by atoms with van der Waals surface area (Å²) in [5.74, 6) is -0.619. The van der Waals surface area contributed by atoms with Crippen LogP contribution in [0, 0.1) is 5.92 Å².